The standard InChI is InChI=1S/C13H21F2NO4/c1-12(2,3)20-11(19)16-9(10(17)18)8-4-6-13(14,15)7-5-8/h8-9H,4-7H2,1-3H3,(H,16,19)(H,17,18). The number of carbonyl (C=O) groups is 2. The van der Waals surface area contributed by atoms with E-state index in [9.17, 15) is 18.4 Å². The molecule has 1 atom stereocenters. The number of alkyl halides is 2. The molecule has 116 valence electrons. The van der Waals surface area contributed by atoms with Gasteiger partial charge in [0.05, 0.1) is 0 Å². The molecule has 1 saturated carbocycles. The number of alkyl carbamates (subject to hydrolysis) is 1. The number of carboxylic acid groups (broad SMARTS) is 1. The number of aliphatic carboxylic acids is 1. The molecule has 0 aromatic carbocycles. The highest BCUT2D eigenvalue weighted by Gasteiger charge is 2.40. The molecule has 0 heterocycles. The number of carbonyl (C=O) groups excluding carboxylic acids is 1. The van der Waals surface area contributed by atoms with Gasteiger partial charge < -0.3 is 15.2 Å². The summed E-state index contributed by atoms with van der Waals surface area (Å²) in [5.74, 6) is -4.46. The van der Waals surface area contributed by atoms with Crippen LogP contribution in [0.15, 0.2) is 0 Å². The van der Waals surface area contributed by atoms with Gasteiger partial charge in [-0.15, -0.1) is 0 Å². The first-order valence-electron chi connectivity index (χ1n) is 6.60. The second-order valence-corrected chi connectivity index (χ2v) is 6.16. The van der Waals surface area contributed by atoms with Crippen molar-refractivity contribution < 1.29 is 28.2 Å². The number of rotatable bonds is 3. The van der Waals surface area contributed by atoms with Gasteiger partial charge in [-0.05, 0) is 39.5 Å². The lowest BCUT2D eigenvalue weighted by Gasteiger charge is -2.32. The van der Waals surface area contributed by atoms with Crippen molar-refractivity contribution in [1.29, 1.82) is 0 Å². The molecule has 0 spiro atoms. The van der Waals surface area contributed by atoms with Crippen LogP contribution in [0.5, 0.6) is 0 Å². The normalized spacial score (nSPS) is 21.1. The number of halogens is 2. The van der Waals surface area contributed by atoms with Crippen molar-refractivity contribution in [2.24, 2.45) is 5.92 Å². The fourth-order valence-electron chi connectivity index (χ4n) is 2.21. The van der Waals surface area contributed by atoms with Crippen LogP contribution in [-0.2, 0) is 9.53 Å². The van der Waals surface area contributed by atoms with Gasteiger partial charge >= 0.3 is 12.1 Å². The second kappa shape index (κ2) is 5.93. The van der Waals surface area contributed by atoms with Gasteiger partial charge in [0.2, 0.25) is 5.92 Å². The number of carboxylic acids is 1. The third-order valence-electron chi connectivity index (χ3n) is 3.17. The molecule has 1 aliphatic rings. The molecule has 7 heteroatoms. The monoisotopic (exact) mass is 293 g/mol. The van der Waals surface area contributed by atoms with E-state index in [0.717, 1.165) is 0 Å². The topological polar surface area (TPSA) is 75.6 Å². The van der Waals surface area contributed by atoms with Gasteiger partial charge in [-0.25, -0.2) is 18.4 Å². The Morgan fingerprint density at radius 2 is 1.80 bits per heavy atom. The van der Waals surface area contributed by atoms with Crippen molar-refractivity contribution in [2.45, 2.75) is 64.0 Å². The first kappa shape index (κ1) is 16.7. The lowest BCUT2D eigenvalue weighted by molar-refractivity contribution is -0.142. The van der Waals surface area contributed by atoms with E-state index in [-0.39, 0.29) is 25.7 Å². The zero-order valence-electron chi connectivity index (χ0n) is 11.9. The summed E-state index contributed by atoms with van der Waals surface area (Å²) < 4.78 is 31.1. The summed E-state index contributed by atoms with van der Waals surface area (Å²) >= 11 is 0. The Labute approximate surface area is 116 Å². The van der Waals surface area contributed by atoms with Crippen molar-refractivity contribution >= 4 is 12.1 Å². The number of hydrogen-bond acceptors (Lipinski definition) is 3. The highest BCUT2D eigenvalue weighted by Crippen LogP contribution is 2.37. The van der Waals surface area contributed by atoms with E-state index in [2.05, 4.69) is 5.32 Å². The van der Waals surface area contributed by atoms with Gasteiger partial charge in [-0.1, -0.05) is 0 Å². The number of hydrogen-bond donors (Lipinski definition) is 2. The second-order valence-electron chi connectivity index (χ2n) is 6.16. The van der Waals surface area contributed by atoms with Crippen LogP contribution in [0.2, 0.25) is 0 Å². The number of ether oxygens (including phenoxy) is 1. The van der Waals surface area contributed by atoms with E-state index in [1.165, 1.54) is 0 Å². The molecule has 0 aliphatic heterocycles. The molecule has 0 aromatic heterocycles. The van der Waals surface area contributed by atoms with Gasteiger partial charge in [0.15, 0.2) is 0 Å². The Hall–Kier alpha value is -1.40. The SMILES string of the molecule is CC(C)(C)OC(=O)NC(C(=O)O)C1CCC(F)(F)CC1. The van der Waals surface area contributed by atoms with E-state index in [0.29, 0.717) is 0 Å². The maximum Gasteiger partial charge on any atom is 0.408 e. The fraction of sp³-hybridized carbons (Fsp3) is 0.846. The molecule has 1 rings (SSSR count). The highest BCUT2D eigenvalue weighted by molar-refractivity contribution is 5.80. The molecule has 1 unspecified atom stereocenters. The van der Waals surface area contributed by atoms with Crippen LogP contribution in [0.3, 0.4) is 0 Å². The minimum atomic E-state index is -2.73. The third kappa shape index (κ3) is 5.30. The summed E-state index contributed by atoms with van der Waals surface area (Å²) in [5, 5.41) is 11.4. The quantitative estimate of drug-likeness (QED) is 0.839. The lowest BCUT2D eigenvalue weighted by Crippen LogP contribution is -2.49. The van der Waals surface area contributed by atoms with E-state index >= 15 is 0 Å². The molecule has 2 N–H and O–H groups in total. The first-order chi connectivity index (χ1) is 9.00. The number of nitrogens with one attached hydrogen (secondary N) is 1. The molecule has 1 amide bonds. The van der Waals surface area contributed by atoms with Crippen LogP contribution in [0, 0.1) is 5.92 Å². The van der Waals surface area contributed by atoms with E-state index in [1.807, 2.05) is 0 Å². The molecule has 0 radical (unpaired) electrons. The molecule has 0 saturated heterocycles. The Morgan fingerprint density at radius 3 is 2.20 bits per heavy atom. The zero-order chi connectivity index (χ0) is 15.6. The number of amides is 1. The molecule has 1 aliphatic carbocycles. The van der Waals surface area contributed by atoms with E-state index in [1.54, 1.807) is 20.8 Å². The van der Waals surface area contributed by atoms with Crippen molar-refractivity contribution in [3.8, 4) is 0 Å². The smallest absolute Gasteiger partial charge is 0.408 e. The summed E-state index contributed by atoms with van der Waals surface area (Å²) in [6, 6.07) is -1.19. The molecule has 0 bridgehead atoms. The van der Waals surface area contributed by atoms with Crippen LogP contribution in [0.25, 0.3) is 0 Å². The van der Waals surface area contributed by atoms with Crippen LogP contribution in [-0.4, -0.2) is 34.7 Å². The minimum absolute atomic E-state index is 0.0692. The zero-order valence-corrected chi connectivity index (χ0v) is 11.9. The largest absolute Gasteiger partial charge is 0.480 e. The molecule has 1 fully saturated rings. The summed E-state index contributed by atoms with van der Waals surface area (Å²) in [7, 11) is 0. The van der Waals surface area contributed by atoms with Crippen LogP contribution >= 0.6 is 0 Å². The van der Waals surface area contributed by atoms with E-state index < -0.39 is 35.5 Å². The maximum atomic E-state index is 13.1. The van der Waals surface area contributed by atoms with Gasteiger partial charge in [0.1, 0.15) is 11.6 Å². The van der Waals surface area contributed by atoms with Crippen molar-refractivity contribution in [1.82, 2.24) is 5.32 Å². The summed E-state index contributed by atoms with van der Waals surface area (Å²) in [5.41, 5.74) is -0.743. The van der Waals surface area contributed by atoms with Gasteiger partial charge in [0.25, 0.3) is 0 Å². The Balaban J connectivity index is 2.62. The average Bonchev–Trinajstić information content (AvgIpc) is 2.23. The summed E-state index contributed by atoms with van der Waals surface area (Å²) in [6.45, 7) is 4.97. The summed E-state index contributed by atoms with van der Waals surface area (Å²) in [4.78, 5) is 22.8. The van der Waals surface area contributed by atoms with E-state index in [4.69, 9.17) is 9.84 Å². The third-order valence-corrected chi connectivity index (χ3v) is 3.17. The Kier molecular flexibility index (Phi) is 4.94. The molecule has 0 aromatic rings. The van der Waals surface area contributed by atoms with Crippen LogP contribution in [0.1, 0.15) is 46.5 Å². The predicted octanol–water partition coefficient (Wildman–Crippen LogP) is 2.79. The molecular formula is C13H21F2NO4. The maximum absolute atomic E-state index is 13.1. The Morgan fingerprint density at radius 1 is 1.30 bits per heavy atom. The van der Waals surface area contributed by atoms with Gasteiger partial charge in [0, 0.05) is 12.8 Å². The Bertz CT molecular complexity index is 369. The molecule has 20 heavy (non-hydrogen) atoms. The summed E-state index contributed by atoms with van der Waals surface area (Å²) in [6.07, 6.45) is -1.41. The molecule has 5 nitrogen and oxygen atoms in total. The van der Waals surface area contributed by atoms with Crippen LogP contribution < -0.4 is 5.32 Å². The first-order valence-corrected chi connectivity index (χ1v) is 6.60. The average molecular weight is 293 g/mol. The van der Waals surface area contributed by atoms with Crippen LogP contribution in [0.4, 0.5) is 13.6 Å². The minimum Gasteiger partial charge on any atom is -0.480 e. The lowest BCUT2D eigenvalue weighted by atomic mass is 9.82. The van der Waals surface area contributed by atoms with Crippen molar-refractivity contribution in [3.63, 3.8) is 0 Å². The van der Waals surface area contributed by atoms with Gasteiger partial charge in [-0.2, -0.15) is 0 Å². The van der Waals surface area contributed by atoms with Gasteiger partial charge in [-0.3, -0.25) is 0 Å². The fourth-order valence-corrected chi connectivity index (χ4v) is 2.21. The molecular weight excluding hydrogens is 272 g/mol. The highest BCUT2D eigenvalue weighted by atomic mass is 19.3. The predicted molar refractivity (Wildman–Crippen MR) is 67.7 cm³/mol. The van der Waals surface area contributed by atoms with Crippen molar-refractivity contribution in [3.05, 3.63) is 0 Å². The van der Waals surface area contributed by atoms with Crippen molar-refractivity contribution in [2.75, 3.05) is 0 Å².